The van der Waals surface area contributed by atoms with Crippen molar-refractivity contribution in [3.05, 3.63) is 46.5 Å². The molecule has 0 aromatic heterocycles. The minimum Gasteiger partial charge on any atom is -0.478 e. The quantitative estimate of drug-likeness (QED) is 0.817. The van der Waals surface area contributed by atoms with Crippen molar-refractivity contribution in [3.63, 3.8) is 0 Å². The maximum Gasteiger partial charge on any atom is 0.328 e. The molecule has 0 spiro atoms. The second-order valence-corrected chi connectivity index (χ2v) is 4.34. The van der Waals surface area contributed by atoms with Gasteiger partial charge in [-0.25, -0.2) is 4.79 Å². The van der Waals surface area contributed by atoms with Gasteiger partial charge in [0.1, 0.15) is 0 Å². The van der Waals surface area contributed by atoms with Gasteiger partial charge in [-0.15, -0.1) is 0 Å². The Morgan fingerprint density at radius 1 is 1.50 bits per heavy atom. The van der Waals surface area contributed by atoms with E-state index in [1.165, 1.54) is 5.56 Å². The summed E-state index contributed by atoms with van der Waals surface area (Å²) in [6.07, 6.45) is 2.74. The zero-order chi connectivity index (χ0) is 12.0. The van der Waals surface area contributed by atoms with Gasteiger partial charge < -0.3 is 10.4 Å². The molecule has 1 atom stereocenters. The fourth-order valence-electron chi connectivity index (χ4n) is 1.27. The van der Waals surface area contributed by atoms with Crippen molar-refractivity contribution < 1.29 is 9.90 Å². The number of nitrogens with one attached hydrogen (secondary N) is 1. The summed E-state index contributed by atoms with van der Waals surface area (Å²) in [5, 5.41) is 11.6. The lowest BCUT2D eigenvalue weighted by molar-refractivity contribution is -0.131. The summed E-state index contributed by atoms with van der Waals surface area (Å²) in [6, 6.07) is 8.23. The van der Waals surface area contributed by atoms with Crippen LogP contribution >= 0.6 is 15.9 Å². The van der Waals surface area contributed by atoms with Gasteiger partial charge in [0, 0.05) is 23.1 Å². The standard InChI is InChI=1S/C12H14BrNO2/c1-9(14-8-2-3-12(15)16)10-4-6-11(13)7-5-10/h2-7,9,14H,8H2,1H3,(H,15,16)/b3-2+. The van der Waals surface area contributed by atoms with E-state index in [1.807, 2.05) is 31.2 Å². The topological polar surface area (TPSA) is 49.3 Å². The molecular weight excluding hydrogens is 270 g/mol. The van der Waals surface area contributed by atoms with Crippen LogP contribution in [0, 0.1) is 0 Å². The first-order valence-electron chi connectivity index (χ1n) is 4.98. The zero-order valence-electron chi connectivity index (χ0n) is 8.98. The van der Waals surface area contributed by atoms with E-state index in [1.54, 1.807) is 6.08 Å². The summed E-state index contributed by atoms with van der Waals surface area (Å²) < 4.78 is 1.05. The van der Waals surface area contributed by atoms with Crippen LogP contribution in [-0.4, -0.2) is 17.6 Å². The van der Waals surface area contributed by atoms with Crippen LogP contribution in [-0.2, 0) is 4.79 Å². The molecule has 1 aromatic carbocycles. The van der Waals surface area contributed by atoms with Crippen molar-refractivity contribution >= 4 is 21.9 Å². The highest BCUT2D eigenvalue weighted by Crippen LogP contribution is 2.16. The van der Waals surface area contributed by atoms with E-state index in [2.05, 4.69) is 21.2 Å². The first kappa shape index (κ1) is 12.9. The monoisotopic (exact) mass is 283 g/mol. The van der Waals surface area contributed by atoms with Crippen LogP contribution in [0.2, 0.25) is 0 Å². The molecule has 0 aliphatic rings. The van der Waals surface area contributed by atoms with E-state index in [9.17, 15) is 4.79 Å². The van der Waals surface area contributed by atoms with Crippen molar-refractivity contribution in [2.24, 2.45) is 0 Å². The van der Waals surface area contributed by atoms with Gasteiger partial charge in [0.05, 0.1) is 0 Å². The number of benzene rings is 1. The predicted molar refractivity (Wildman–Crippen MR) is 67.3 cm³/mol. The lowest BCUT2D eigenvalue weighted by Crippen LogP contribution is -2.18. The summed E-state index contributed by atoms with van der Waals surface area (Å²) in [4.78, 5) is 10.2. The number of carbonyl (C=O) groups is 1. The predicted octanol–water partition coefficient (Wildman–Crippen LogP) is 2.74. The third-order valence-corrected chi connectivity index (χ3v) is 2.70. The molecule has 1 rings (SSSR count). The second kappa shape index (κ2) is 6.45. The number of hydrogen-bond donors (Lipinski definition) is 2. The minimum absolute atomic E-state index is 0.201. The lowest BCUT2D eigenvalue weighted by Gasteiger charge is -2.12. The van der Waals surface area contributed by atoms with E-state index in [0.29, 0.717) is 6.54 Å². The van der Waals surface area contributed by atoms with Gasteiger partial charge in [0.25, 0.3) is 0 Å². The summed E-state index contributed by atoms with van der Waals surface area (Å²) >= 11 is 3.38. The Labute approximate surface area is 103 Å². The maximum absolute atomic E-state index is 10.2. The summed E-state index contributed by atoms with van der Waals surface area (Å²) in [5.74, 6) is -0.918. The molecule has 0 saturated heterocycles. The van der Waals surface area contributed by atoms with Gasteiger partial charge >= 0.3 is 5.97 Å². The molecule has 0 aliphatic carbocycles. The largest absolute Gasteiger partial charge is 0.478 e. The Balaban J connectivity index is 2.43. The summed E-state index contributed by atoms with van der Waals surface area (Å²) in [7, 11) is 0. The molecule has 0 radical (unpaired) electrons. The Bertz CT molecular complexity index is 373. The molecule has 86 valence electrons. The van der Waals surface area contributed by atoms with Crippen LogP contribution in [0.1, 0.15) is 18.5 Å². The van der Waals surface area contributed by atoms with Crippen molar-refractivity contribution in [2.45, 2.75) is 13.0 Å². The van der Waals surface area contributed by atoms with Crippen molar-refractivity contribution in [3.8, 4) is 0 Å². The highest BCUT2D eigenvalue weighted by atomic mass is 79.9. The van der Waals surface area contributed by atoms with Gasteiger partial charge in [0.2, 0.25) is 0 Å². The Morgan fingerprint density at radius 2 is 2.12 bits per heavy atom. The third kappa shape index (κ3) is 4.59. The van der Waals surface area contributed by atoms with Crippen LogP contribution < -0.4 is 5.32 Å². The van der Waals surface area contributed by atoms with Crippen LogP contribution in [0.25, 0.3) is 0 Å². The molecule has 4 heteroatoms. The number of hydrogen-bond acceptors (Lipinski definition) is 2. The number of aliphatic carboxylic acids is 1. The van der Waals surface area contributed by atoms with Gasteiger partial charge in [-0.1, -0.05) is 34.1 Å². The molecule has 0 saturated carbocycles. The average Bonchev–Trinajstić information content (AvgIpc) is 2.25. The van der Waals surface area contributed by atoms with Crippen molar-refractivity contribution in [2.75, 3.05) is 6.54 Å². The van der Waals surface area contributed by atoms with Gasteiger partial charge in [0.15, 0.2) is 0 Å². The average molecular weight is 284 g/mol. The Kier molecular flexibility index (Phi) is 5.22. The number of carboxylic acid groups (broad SMARTS) is 1. The van der Waals surface area contributed by atoms with E-state index >= 15 is 0 Å². The first-order chi connectivity index (χ1) is 7.59. The molecule has 0 fully saturated rings. The molecular formula is C12H14BrNO2. The normalized spacial score (nSPS) is 12.9. The van der Waals surface area contributed by atoms with Crippen molar-refractivity contribution in [1.29, 1.82) is 0 Å². The third-order valence-electron chi connectivity index (χ3n) is 2.17. The second-order valence-electron chi connectivity index (χ2n) is 3.42. The molecule has 0 amide bonds. The summed E-state index contributed by atoms with van der Waals surface area (Å²) in [5.41, 5.74) is 1.17. The van der Waals surface area contributed by atoms with Crippen LogP contribution in [0.5, 0.6) is 0 Å². The van der Waals surface area contributed by atoms with Crippen LogP contribution in [0.3, 0.4) is 0 Å². The first-order valence-corrected chi connectivity index (χ1v) is 5.77. The number of rotatable bonds is 5. The lowest BCUT2D eigenvalue weighted by atomic mass is 10.1. The fraction of sp³-hybridized carbons (Fsp3) is 0.250. The Hall–Kier alpha value is -1.13. The molecule has 0 heterocycles. The molecule has 1 unspecified atom stereocenters. The van der Waals surface area contributed by atoms with E-state index in [4.69, 9.17) is 5.11 Å². The van der Waals surface area contributed by atoms with E-state index < -0.39 is 5.97 Å². The van der Waals surface area contributed by atoms with E-state index in [0.717, 1.165) is 10.5 Å². The van der Waals surface area contributed by atoms with Crippen LogP contribution in [0.15, 0.2) is 40.9 Å². The minimum atomic E-state index is -0.918. The maximum atomic E-state index is 10.2. The number of halogens is 1. The zero-order valence-corrected chi connectivity index (χ0v) is 10.6. The molecule has 0 aliphatic heterocycles. The van der Waals surface area contributed by atoms with Gasteiger partial charge in [-0.2, -0.15) is 0 Å². The summed E-state index contributed by atoms with van der Waals surface area (Å²) in [6.45, 7) is 2.58. The van der Waals surface area contributed by atoms with Crippen molar-refractivity contribution in [1.82, 2.24) is 5.32 Å². The van der Waals surface area contributed by atoms with Gasteiger partial charge in [-0.05, 0) is 24.6 Å². The molecule has 0 bridgehead atoms. The molecule has 1 aromatic rings. The highest BCUT2D eigenvalue weighted by molar-refractivity contribution is 9.10. The fourth-order valence-corrected chi connectivity index (χ4v) is 1.54. The highest BCUT2D eigenvalue weighted by Gasteiger charge is 2.02. The number of carboxylic acids is 1. The van der Waals surface area contributed by atoms with E-state index in [-0.39, 0.29) is 6.04 Å². The SMILES string of the molecule is CC(NC/C=C/C(=O)O)c1ccc(Br)cc1. The van der Waals surface area contributed by atoms with Crippen LogP contribution in [0.4, 0.5) is 0 Å². The van der Waals surface area contributed by atoms with Gasteiger partial charge in [-0.3, -0.25) is 0 Å². The Morgan fingerprint density at radius 3 is 2.69 bits per heavy atom. The molecule has 16 heavy (non-hydrogen) atoms. The smallest absolute Gasteiger partial charge is 0.328 e. The molecule has 2 N–H and O–H groups in total. The molecule has 3 nitrogen and oxygen atoms in total.